The topological polar surface area (TPSA) is 161 Å². The van der Waals surface area contributed by atoms with E-state index >= 15 is 0 Å². The molecular weight excluding hydrogens is 500 g/mol. The third-order valence-electron chi connectivity index (χ3n) is 8.40. The predicted octanol–water partition coefficient (Wildman–Crippen LogP) is 2.58. The number of phenolic OH excluding ortho intramolecular Hbond substituents is 1. The summed E-state index contributed by atoms with van der Waals surface area (Å²) >= 11 is 0. The van der Waals surface area contributed by atoms with E-state index in [4.69, 9.17) is 5.73 Å². The lowest BCUT2D eigenvalue weighted by atomic mass is 9.59. The second kappa shape index (κ2) is 9.27. The molecule has 1 saturated carbocycles. The zero-order valence-corrected chi connectivity index (χ0v) is 22.1. The number of nitrogens with zero attached hydrogens (tertiary/aromatic N) is 1. The van der Waals surface area contributed by atoms with Crippen LogP contribution in [0.15, 0.2) is 47.2 Å². The van der Waals surface area contributed by atoms with Gasteiger partial charge in [-0.2, -0.15) is 0 Å². The average molecular weight is 533 g/mol. The number of anilines is 1. The molecule has 2 aromatic rings. The Labute approximate surface area is 225 Å². The van der Waals surface area contributed by atoms with E-state index in [2.05, 4.69) is 0 Å². The van der Waals surface area contributed by atoms with Crippen molar-refractivity contribution in [2.75, 3.05) is 19.0 Å². The molecule has 1 amide bonds. The quantitative estimate of drug-likeness (QED) is 0.367. The van der Waals surface area contributed by atoms with Gasteiger partial charge in [-0.25, -0.2) is 0 Å². The summed E-state index contributed by atoms with van der Waals surface area (Å²) in [5.41, 5.74) is 6.11. The molecule has 3 aliphatic carbocycles. The number of aliphatic hydroxyl groups is 3. The zero-order chi connectivity index (χ0) is 28.4. The maximum atomic E-state index is 13.8. The van der Waals surface area contributed by atoms with Crippen LogP contribution in [0.2, 0.25) is 0 Å². The van der Waals surface area contributed by atoms with E-state index in [0.717, 1.165) is 16.8 Å². The number of aromatic hydroxyl groups is 1. The summed E-state index contributed by atoms with van der Waals surface area (Å²) in [4.78, 5) is 40.0. The number of carbonyl (C=O) groups is 3. The summed E-state index contributed by atoms with van der Waals surface area (Å²) in [5, 5.41) is 45.0. The fourth-order valence-electron chi connectivity index (χ4n) is 6.35. The van der Waals surface area contributed by atoms with Crippen molar-refractivity contribution >= 4 is 28.9 Å². The minimum Gasteiger partial charge on any atom is -0.508 e. The highest BCUT2D eigenvalue weighted by Gasteiger charge is 2.60. The minimum atomic E-state index is -2.57. The Bertz CT molecular complexity index is 1490. The first-order valence-electron chi connectivity index (χ1n) is 12.9. The molecule has 9 nitrogen and oxygen atoms in total. The van der Waals surface area contributed by atoms with Crippen LogP contribution in [0.25, 0.3) is 5.76 Å². The van der Waals surface area contributed by atoms with Gasteiger partial charge in [-0.1, -0.05) is 29.8 Å². The number of fused-ring (bicyclic) bond motifs is 3. The van der Waals surface area contributed by atoms with Crippen molar-refractivity contribution in [2.24, 2.45) is 17.6 Å². The molecule has 5 rings (SSSR count). The molecule has 6 N–H and O–H groups in total. The van der Waals surface area contributed by atoms with Crippen molar-refractivity contribution in [1.29, 1.82) is 0 Å². The van der Waals surface area contributed by atoms with Crippen molar-refractivity contribution < 1.29 is 34.8 Å². The molecule has 0 heterocycles. The van der Waals surface area contributed by atoms with Gasteiger partial charge in [0.15, 0.2) is 11.4 Å². The van der Waals surface area contributed by atoms with E-state index in [0.29, 0.717) is 24.0 Å². The second-order valence-corrected chi connectivity index (χ2v) is 11.0. The first kappa shape index (κ1) is 26.5. The Morgan fingerprint density at radius 1 is 1.08 bits per heavy atom. The number of nitrogens with two attached hydrogens (primary N) is 1. The van der Waals surface area contributed by atoms with Crippen LogP contribution in [-0.4, -0.2) is 57.6 Å². The molecule has 204 valence electrons. The number of phenols is 1. The maximum absolute atomic E-state index is 13.8. The SMILES string of the molecule is Cc1ccc(CCc2cc(N(C)C)c3c(c2O)C(O)=C2C(=O)[C@]4(O)C(O)=C(C(N)=O)C(=O)C[C@@H]4C[C@@H]2C3)cc1. The van der Waals surface area contributed by atoms with Crippen molar-refractivity contribution in [3.8, 4) is 5.75 Å². The number of primary amides is 1. The Morgan fingerprint density at radius 2 is 1.74 bits per heavy atom. The van der Waals surface area contributed by atoms with Gasteiger partial charge in [-0.05, 0) is 61.3 Å². The zero-order valence-electron chi connectivity index (χ0n) is 22.1. The molecule has 3 aliphatic rings. The van der Waals surface area contributed by atoms with Crippen molar-refractivity contribution in [3.63, 3.8) is 0 Å². The van der Waals surface area contributed by atoms with Crippen LogP contribution < -0.4 is 10.6 Å². The number of hydrogen-bond acceptors (Lipinski definition) is 8. The first-order chi connectivity index (χ1) is 18.4. The third kappa shape index (κ3) is 3.99. The van der Waals surface area contributed by atoms with E-state index in [1.165, 1.54) is 0 Å². The monoisotopic (exact) mass is 532 g/mol. The Balaban J connectivity index is 1.63. The fourth-order valence-corrected chi connectivity index (χ4v) is 6.35. The number of carbonyl (C=O) groups excluding carboxylic acids is 3. The molecule has 9 heteroatoms. The van der Waals surface area contributed by atoms with Gasteiger partial charge >= 0.3 is 0 Å². The Morgan fingerprint density at radius 3 is 2.36 bits per heavy atom. The molecule has 0 saturated heterocycles. The van der Waals surface area contributed by atoms with Gasteiger partial charge in [0.2, 0.25) is 5.78 Å². The smallest absolute Gasteiger partial charge is 0.255 e. The molecule has 39 heavy (non-hydrogen) atoms. The molecule has 2 aromatic carbocycles. The number of Topliss-reactive ketones (excluding diaryl/α,β-unsaturated/α-hetero) is 2. The number of hydrogen-bond donors (Lipinski definition) is 5. The van der Waals surface area contributed by atoms with Gasteiger partial charge in [0.05, 0.1) is 5.56 Å². The molecule has 3 atom stereocenters. The first-order valence-corrected chi connectivity index (χ1v) is 12.9. The van der Waals surface area contributed by atoms with Gasteiger partial charge in [-0.15, -0.1) is 0 Å². The number of aliphatic hydroxyl groups excluding tert-OH is 2. The van der Waals surface area contributed by atoms with Crippen LogP contribution in [-0.2, 0) is 33.6 Å². The Hall–Kier alpha value is -4.11. The average Bonchev–Trinajstić information content (AvgIpc) is 2.86. The summed E-state index contributed by atoms with van der Waals surface area (Å²) in [6, 6.07) is 9.97. The van der Waals surface area contributed by atoms with Crippen LogP contribution >= 0.6 is 0 Å². The summed E-state index contributed by atoms with van der Waals surface area (Å²) in [6.45, 7) is 2.01. The van der Waals surface area contributed by atoms with E-state index in [9.17, 15) is 34.8 Å². The number of amides is 1. The molecule has 0 spiro atoms. The van der Waals surface area contributed by atoms with Crippen molar-refractivity contribution in [3.05, 3.63) is 75.1 Å². The number of ketones is 2. The highest BCUT2D eigenvalue weighted by molar-refractivity contribution is 6.22. The number of benzene rings is 2. The van der Waals surface area contributed by atoms with Gasteiger partial charge in [0.1, 0.15) is 22.8 Å². The molecule has 0 radical (unpaired) electrons. The number of rotatable bonds is 5. The minimum absolute atomic E-state index is 0.103. The summed E-state index contributed by atoms with van der Waals surface area (Å²) in [5.74, 6) is -6.22. The molecule has 1 fully saturated rings. The summed E-state index contributed by atoms with van der Waals surface area (Å²) < 4.78 is 0. The normalized spacial score (nSPS) is 24.3. The molecule has 0 bridgehead atoms. The standard InChI is InChI=1S/C30H32N2O7/c1-14-4-6-15(7-5-14)8-9-16-12-20(32(2)3)19-11-17-10-18-13-21(33)24(29(31)38)28(37)30(18,39)27(36)22(17)26(35)23(19)25(16)34/h4-7,12,17-18,34-35,37,39H,8-11,13H2,1-3H3,(H2,31,38)/t17-,18+,30+/m1/s1. The highest BCUT2D eigenvalue weighted by atomic mass is 16.3. The summed E-state index contributed by atoms with van der Waals surface area (Å²) in [7, 11) is 3.71. The largest absolute Gasteiger partial charge is 0.508 e. The second-order valence-electron chi connectivity index (χ2n) is 11.0. The van der Waals surface area contributed by atoms with Crippen molar-refractivity contribution in [2.45, 2.75) is 44.6 Å². The van der Waals surface area contributed by atoms with Crippen LogP contribution in [0.3, 0.4) is 0 Å². The Kier molecular flexibility index (Phi) is 6.30. The lowest BCUT2D eigenvalue weighted by Crippen LogP contribution is -2.58. The molecular formula is C30H32N2O7. The summed E-state index contributed by atoms with van der Waals surface area (Å²) in [6.07, 6.45) is 1.15. The van der Waals surface area contributed by atoms with E-state index < -0.39 is 52.0 Å². The van der Waals surface area contributed by atoms with E-state index in [1.807, 2.05) is 56.3 Å². The van der Waals surface area contributed by atoms with Gasteiger partial charge in [-0.3, -0.25) is 14.4 Å². The van der Waals surface area contributed by atoms with Gasteiger partial charge in [0, 0.05) is 37.7 Å². The van der Waals surface area contributed by atoms with Crippen molar-refractivity contribution in [1.82, 2.24) is 0 Å². The predicted molar refractivity (Wildman–Crippen MR) is 144 cm³/mol. The van der Waals surface area contributed by atoms with E-state index in [-0.39, 0.29) is 36.1 Å². The lowest BCUT2D eigenvalue weighted by molar-refractivity contribution is -0.147. The molecule has 0 unspecified atom stereocenters. The van der Waals surface area contributed by atoms with Gasteiger partial charge < -0.3 is 31.1 Å². The number of aryl methyl sites for hydroxylation is 3. The lowest BCUT2D eigenvalue weighted by Gasteiger charge is -2.46. The maximum Gasteiger partial charge on any atom is 0.255 e. The molecule has 0 aliphatic heterocycles. The van der Waals surface area contributed by atoms with Crippen LogP contribution in [0.5, 0.6) is 5.75 Å². The van der Waals surface area contributed by atoms with Crippen LogP contribution in [0.1, 0.15) is 40.7 Å². The van der Waals surface area contributed by atoms with Gasteiger partial charge in [0.25, 0.3) is 5.91 Å². The van der Waals surface area contributed by atoms with E-state index in [1.54, 1.807) is 0 Å². The fraction of sp³-hybridized carbons (Fsp3) is 0.367. The van der Waals surface area contributed by atoms with Crippen LogP contribution in [0, 0.1) is 18.8 Å². The highest BCUT2D eigenvalue weighted by Crippen LogP contribution is 2.53. The third-order valence-corrected chi connectivity index (χ3v) is 8.40. The van der Waals surface area contributed by atoms with Crippen LogP contribution in [0.4, 0.5) is 5.69 Å². The molecule has 0 aromatic heterocycles.